The Bertz CT molecular complexity index is 975. The van der Waals surface area contributed by atoms with Gasteiger partial charge in [-0.2, -0.15) is 0 Å². The molecule has 3 aromatic rings. The summed E-state index contributed by atoms with van der Waals surface area (Å²) < 4.78 is 11.0. The molecule has 148 valence electrons. The quantitative estimate of drug-likeness (QED) is 0.655. The van der Waals surface area contributed by atoms with Crippen LogP contribution in [0.2, 0.25) is 0 Å². The molecule has 1 aromatic heterocycles. The van der Waals surface area contributed by atoms with Gasteiger partial charge in [0.1, 0.15) is 17.1 Å². The van der Waals surface area contributed by atoms with Gasteiger partial charge in [0.25, 0.3) is 5.91 Å². The van der Waals surface area contributed by atoms with Gasteiger partial charge < -0.3 is 14.5 Å². The molecule has 0 atom stereocenters. The summed E-state index contributed by atoms with van der Waals surface area (Å²) in [7, 11) is 3.72. The summed E-state index contributed by atoms with van der Waals surface area (Å²) in [6, 6.07) is 14.2. The molecule has 1 heterocycles. The lowest BCUT2D eigenvalue weighted by atomic mass is 10.1. The summed E-state index contributed by atoms with van der Waals surface area (Å²) in [5.41, 5.74) is 3.58. The van der Waals surface area contributed by atoms with E-state index in [-0.39, 0.29) is 5.91 Å². The minimum absolute atomic E-state index is 0.142. The average Bonchev–Trinajstić information content (AvgIpc) is 3.01. The maximum Gasteiger partial charge on any atom is 0.255 e. The zero-order chi connectivity index (χ0) is 20.3. The lowest BCUT2D eigenvalue weighted by molar-refractivity contribution is 0.0950. The van der Waals surface area contributed by atoms with E-state index in [4.69, 9.17) is 9.15 Å². The van der Waals surface area contributed by atoms with Crippen LogP contribution in [0.15, 0.2) is 46.9 Å². The van der Waals surface area contributed by atoms with E-state index in [1.807, 2.05) is 37.3 Å². The number of hydrogen-bond acceptors (Lipinski definition) is 4. The van der Waals surface area contributed by atoms with Crippen molar-refractivity contribution in [2.75, 3.05) is 14.2 Å². The summed E-state index contributed by atoms with van der Waals surface area (Å²) in [4.78, 5) is 15.2. The van der Waals surface area contributed by atoms with Crippen molar-refractivity contribution in [3.05, 3.63) is 64.9 Å². The summed E-state index contributed by atoms with van der Waals surface area (Å²) in [6.07, 6.45) is 0. The van der Waals surface area contributed by atoms with Gasteiger partial charge in [-0.05, 0) is 57.1 Å². The first kappa shape index (κ1) is 20.0. The maximum absolute atomic E-state index is 12.9. The van der Waals surface area contributed by atoms with Crippen molar-refractivity contribution in [2.45, 2.75) is 39.9 Å². The highest BCUT2D eigenvalue weighted by Gasteiger charge is 2.19. The minimum atomic E-state index is -0.142. The van der Waals surface area contributed by atoms with Gasteiger partial charge >= 0.3 is 0 Å². The number of benzene rings is 2. The third kappa shape index (κ3) is 4.20. The smallest absolute Gasteiger partial charge is 0.255 e. The van der Waals surface area contributed by atoms with Crippen molar-refractivity contribution in [3.8, 4) is 5.75 Å². The molecule has 2 aromatic carbocycles. The Balaban J connectivity index is 1.80. The predicted octanol–water partition coefficient (Wildman–Crippen LogP) is 4.52. The molecule has 0 aliphatic rings. The van der Waals surface area contributed by atoms with Crippen molar-refractivity contribution in [3.63, 3.8) is 0 Å². The number of nitrogens with one attached hydrogen (secondary N) is 1. The molecule has 0 unspecified atom stereocenters. The second kappa shape index (κ2) is 8.48. The number of hydrogen-bond donors (Lipinski definition) is 1. The number of nitrogens with zero attached hydrogens (tertiary/aromatic N) is 1. The third-order valence-electron chi connectivity index (χ3n) is 5.16. The van der Waals surface area contributed by atoms with Gasteiger partial charge in [0.15, 0.2) is 0 Å². The summed E-state index contributed by atoms with van der Waals surface area (Å²) >= 11 is 0. The van der Waals surface area contributed by atoms with Gasteiger partial charge in [0.05, 0.1) is 12.7 Å². The summed E-state index contributed by atoms with van der Waals surface area (Å²) in [5, 5.41) is 3.82. The molecule has 3 rings (SSSR count). The van der Waals surface area contributed by atoms with Gasteiger partial charge in [0.2, 0.25) is 0 Å². The standard InChI is InChI=1S/C23H28N2O3/c1-15(2)25(4)14-18-9-7-6-8-17(18)13-24-23(26)22-16(3)28-21-11-10-19(27-5)12-20(21)22/h6-12,15H,13-14H2,1-5H3,(H,24,26). The number of ether oxygens (including phenoxy) is 1. The number of fused-ring (bicyclic) bond motifs is 1. The van der Waals surface area contributed by atoms with E-state index in [9.17, 15) is 4.79 Å². The fraction of sp³-hybridized carbons (Fsp3) is 0.348. The van der Waals surface area contributed by atoms with Crippen LogP contribution in [-0.4, -0.2) is 31.0 Å². The van der Waals surface area contributed by atoms with Crippen LogP contribution in [0.4, 0.5) is 0 Å². The van der Waals surface area contributed by atoms with Crippen LogP contribution in [-0.2, 0) is 13.1 Å². The molecule has 1 amide bonds. The molecular weight excluding hydrogens is 352 g/mol. The van der Waals surface area contributed by atoms with E-state index in [1.165, 1.54) is 5.56 Å². The van der Waals surface area contributed by atoms with Gasteiger partial charge in [-0.25, -0.2) is 0 Å². The molecule has 0 spiro atoms. The lowest BCUT2D eigenvalue weighted by Gasteiger charge is -2.22. The molecule has 0 radical (unpaired) electrons. The molecule has 0 aliphatic heterocycles. The summed E-state index contributed by atoms with van der Waals surface area (Å²) in [6.45, 7) is 7.47. The Morgan fingerprint density at radius 3 is 2.57 bits per heavy atom. The molecule has 0 bridgehead atoms. The Morgan fingerprint density at radius 2 is 1.89 bits per heavy atom. The fourth-order valence-corrected chi connectivity index (χ4v) is 3.21. The van der Waals surface area contributed by atoms with Crippen molar-refractivity contribution < 1.29 is 13.9 Å². The minimum Gasteiger partial charge on any atom is -0.497 e. The number of methoxy groups -OCH3 is 1. The molecule has 0 aliphatic carbocycles. The van der Waals surface area contributed by atoms with Crippen LogP contribution in [0.25, 0.3) is 11.0 Å². The Morgan fingerprint density at radius 1 is 1.18 bits per heavy atom. The molecule has 0 saturated heterocycles. The summed E-state index contributed by atoms with van der Waals surface area (Å²) in [5.74, 6) is 1.16. The SMILES string of the molecule is COc1ccc2oc(C)c(C(=O)NCc3ccccc3CN(C)C(C)C)c2c1. The number of furan rings is 1. The number of carbonyl (C=O) groups excluding carboxylic acids is 1. The number of aryl methyl sites for hydroxylation is 1. The van der Waals surface area contributed by atoms with Gasteiger partial charge in [-0.1, -0.05) is 24.3 Å². The first-order valence-electron chi connectivity index (χ1n) is 9.53. The zero-order valence-electron chi connectivity index (χ0n) is 17.2. The molecule has 28 heavy (non-hydrogen) atoms. The van der Waals surface area contributed by atoms with Crippen LogP contribution in [0.3, 0.4) is 0 Å². The maximum atomic E-state index is 12.9. The number of rotatable bonds is 7. The van der Waals surface area contributed by atoms with Gasteiger partial charge in [-0.3, -0.25) is 9.69 Å². The largest absolute Gasteiger partial charge is 0.497 e. The van der Waals surface area contributed by atoms with Crippen molar-refractivity contribution in [1.29, 1.82) is 0 Å². The van der Waals surface area contributed by atoms with Crippen LogP contribution in [0.5, 0.6) is 5.75 Å². The van der Waals surface area contributed by atoms with Crippen LogP contribution < -0.4 is 10.1 Å². The Hall–Kier alpha value is -2.79. The van der Waals surface area contributed by atoms with E-state index in [0.29, 0.717) is 35.2 Å². The second-order valence-corrected chi connectivity index (χ2v) is 7.36. The molecule has 5 nitrogen and oxygen atoms in total. The third-order valence-corrected chi connectivity index (χ3v) is 5.16. The molecular formula is C23H28N2O3. The van der Waals surface area contributed by atoms with E-state index in [0.717, 1.165) is 17.5 Å². The Kier molecular flexibility index (Phi) is 6.05. The molecule has 0 saturated carbocycles. The van der Waals surface area contributed by atoms with Crippen molar-refractivity contribution >= 4 is 16.9 Å². The predicted molar refractivity (Wildman–Crippen MR) is 112 cm³/mol. The van der Waals surface area contributed by atoms with Crippen molar-refractivity contribution in [1.82, 2.24) is 10.2 Å². The van der Waals surface area contributed by atoms with E-state index < -0.39 is 0 Å². The highest BCUT2D eigenvalue weighted by atomic mass is 16.5. The molecule has 5 heteroatoms. The molecule has 1 N–H and O–H groups in total. The fourth-order valence-electron chi connectivity index (χ4n) is 3.21. The van der Waals surface area contributed by atoms with Crippen LogP contribution >= 0.6 is 0 Å². The monoisotopic (exact) mass is 380 g/mol. The average molecular weight is 380 g/mol. The van der Waals surface area contributed by atoms with Crippen molar-refractivity contribution in [2.24, 2.45) is 0 Å². The second-order valence-electron chi connectivity index (χ2n) is 7.36. The number of amides is 1. The first-order valence-corrected chi connectivity index (χ1v) is 9.53. The normalized spacial score (nSPS) is 11.4. The van der Waals surface area contributed by atoms with E-state index >= 15 is 0 Å². The van der Waals surface area contributed by atoms with Gasteiger partial charge in [-0.15, -0.1) is 0 Å². The Labute approximate surface area is 166 Å². The van der Waals surface area contributed by atoms with Crippen LogP contribution in [0.1, 0.15) is 41.1 Å². The first-order chi connectivity index (χ1) is 13.4. The topological polar surface area (TPSA) is 54.7 Å². The number of carbonyl (C=O) groups is 1. The van der Waals surface area contributed by atoms with Gasteiger partial charge in [0, 0.05) is 24.5 Å². The lowest BCUT2D eigenvalue weighted by Crippen LogP contribution is -2.27. The molecule has 0 fully saturated rings. The van der Waals surface area contributed by atoms with Crippen LogP contribution in [0, 0.1) is 6.92 Å². The van der Waals surface area contributed by atoms with E-state index in [2.05, 4.69) is 43.2 Å². The highest BCUT2D eigenvalue weighted by Crippen LogP contribution is 2.29. The zero-order valence-corrected chi connectivity index (χ0v) is 17.2. The van der Waals surface area contributed by atoms with E-state index in [1.54, 1.807) is 7.11 Å². The highest BCUT2D eigenvalue weighted by molar-refractivity contribution is 6.07.